The molecule has 126 valence electrons. The van der Waals surface area contributed by atoms with Crippen molar-refractivity contribution in [1.29, 1.82) is 0 Å². The van der Waals surface area contributed by atoms with Gasteiger partial charge in [0.1, 0.15) is 5.75 Å². The van der Waals surface area contributed by atoms with Gasteiger partial charge in [-0.2, -0.15) is 5.10 Å². The number of rotatable bonds is 4. The zero-order valence-electron chi connectivity index (χ0n) is 13.0. The summed E-state index contributed by atoms with van der Waals surface area (Å²) in [6.45, 7) is 2.73. The first-order chi connectivity index (χ1) is 11.4. The molecule has 1 aromatic carbocycles. The first kappa shape index (κ1) is 16.6. The smallest absolute Gasteiger partial charge is 0.322 e. The summed E-state index contributed by atoms with van der Waals surface area (Å²) in [6.07, 6.45) is 0.677. The summed E-state index contributed by atoms with van der Waals surface area (Å²) in [6, 6.07) is 2.84. The van der Waals surface area contributed by atoms with Crippen LogP contribution in [0.3, 0.4) is 0 Å². The van der Waals surface area contributed by atoms with E-state index in [2.05, 4.69) is 10.4 Å². The van der Waals surface area contributed by atoms with E-state index in [1.165, 1.54) is 15.6 Å². The molecule has 2 aromatic rings. The molecule has 3 rings (SSSR count). The Morgan fingerprint density at radius 2 is 2.08 bits per heavy atom. The van der Waals surface area contributed by atoms with Crippen molar-refractivity contribution in [2.45, 2.75) is 6.92 Å². The Hall–Kier alpha value is -2.25. The van der Waals surface area contributed by atoms with Crippen molar-refractivity contribution < 1.29 is 14.3 Å². The first-order valence-electron chi connectivity index (χ1n) is 7.13. The van der Waals surface area contributed by atoms with Crippen molar-refractivity contribution in [2.24, 2.45) is 7.05 Å². The predicted molar refractivity (Wildman–Crippen MR) is 90.6 cm³/mol. The van der Waals surface area contributed by atoms with Crippen molar-refractivity contribution in [1.82, 2.24) is 15.1 Å². The van der Waals surface area contributed by atoms with E-state index in [0.717, 1.165) is 0 Å². The van der Waals surface area contributed by atoms with Crippen molar-refractivity contribution in [3.05, 3.63) is 33.4 Å². The molecule has 0 unspecified atom stereocenters. The second-order valence-electron chi connectivity index (χ2n) is 5.27. The minimum atomic E-state index is -0.241. The lowest BCUT2D eigenvalue weighted by molar-refractivity contribution is 0.112. The third-order valence-electron chi connectivity index (χ3n) is 3.69. The summed E-state index contributed by atoms with van der Waals surface area (Å²) in [4.78, 5) is 24.6. The van der Waals surface area contributed by atoms with E-state index < -0.39 is 0 Å². The lowest BCUT2D eigenvalue weighted by atomic mass is 10.2. The van der Waals surface area contributed by atoms with Crippen LogP contribution in [-0.2, 0) is 7.05 Å². The van der Waals surface area contributed by atoms with Crippen LogP contribution in [0.2, 0.25) is 10.0 Å². The molecule has 1 aromatic heterocycles. The molecule has 1 aliphatic heterocycles. The number of aldehydes is 1. The van der Waals surface area contributed by atoms with Gasteiger partial charge >= 0.3 is 6.03 Å². The van der Waals surface area contributed by atoms with Gasteiger partial charge in [-0.25, -0.2) is 9.48 Å². The fraction of sp³-hybridized carbons (Fsp3) is 0.267. The van der Waals surface area contributed by atoms with Crippen molar-refractivity contribution in [3.63, 3.8) is 0 Å². The van der Waals surface area contributed by atoms with E-state index in [1.807, 2.05) is 0 Å². The predicted octanol–water partition coefficient (Wildman–Crippen LogP) is 3.17. The van der Waals surface area contributed by atoms with E-state index in [-0.39, 0.29) is 22.7 Å². The number of nitrogens with zero attached hydrogens (tertiary/aromatic N) is 3. The lowest BCUT2D eigenvalue weighted by Crippen LogP contribution is -2.27. The molecule has 0 saturated carbocycles. The number of benzene rings is 1. The molecule has 0 atom stereocenters. The summed E-state index contributed by atoms with van der Waals surface area (Å²) in [5.41, 5.74) is 1.37. The van der Waals surface area contributed by atoms with Crippen LogP contribution in [0.15, 0.2) is 12.1 Å². The van der Waals surface area contributed by atoms with E-state index in [0.29, 0.717) is 41.3 Å². The molecule has 2 amide bonds. The van der Waals surface area contributed by atoms with Crippen LogP contribution in [0.5, 0.6) is 11.6 Å². The quantitative estimate of drug-likeness (QED) is 0.840. The molecule has 9 heteroatoms. The molecule has 2 heterocycles. The minimum absolute atomic E-state index is 0.241. The van der Waals surface area contributed by atoms with Gasteiger partial charge in [0.15, 0.2) is 6.29 Å². The molecule has 7 nitrogen and oxygen atoms in total. The number of nitrogens with one attached hydrogen (secondary N) is 1. The molecule has 0 radical (unpaired) electrons. The van der Waals surface area contributed by atoms with Crippen LogP contribution in [0.1, 0.15) is 16.1 Å². The van der Waals surface area contributed by atoms with Crippen LogP contribution in [-0.4, -0.2) is 35.2 Å². The highest BCUT2D eigenvalue weighted by atomic mass is 35.5. The Bertz CT molecular complexity index is 835. The highest BCUT2D eigenvalue weighted by molar-refractivity contribution is 6.37. The van der Waals surface area contributed by atoms with Gasteiger partial charge in [0.05, 0.1) is 27.0 Å². The second-order valence-corrected chi connectivity index (χ2v) is 6.08. The average Bonchev–Trinajstić information content (AvgIpc) is 3.05. The average molecular weight is 369 g/mol. The topological polar surface area (TPSA) is 76.5 Å². The van der Waals surface area contributed by atoms with Gasteiger partial charge in [0.25, 0.3) is 0 Å². The van der Waals surface area contributed by atoms with Gasteiger partial charge in [-0.1, -0.05) is 23.2 Å². The Morgan fingerprint density at radius 1 is 1.33 bits per heavy atom. The van der Waals surface area contributed by atoms with E-state index in [1.54, 1.807) is 20.0 Å². The third-order valence-corrected chi connectivity index (χ3v) is 4.29. The number of carbonyl (C=O) groups is 2. The van der Waals surface area contributed by atoms with Crippen LogP contribution in [0, 0.1) is 6.92 Å². The van der Waals surface area contributed by atoms with Crippen LogP contribution in [0.4, 0.5) is 10.5 Å². The Labute approximate surface area is 148 Å². The zero-order chi connectivity index (χ0) is 17.4. The molecule has 24 heavy (non-hydrogen) atoms. The molecule has 1 aliphatic rings. The fourth-order valence-corrected chi connectivity index (χ4v) is 3.04. The number of amides is 2. The standard InChI is InChI=1S/C15H14Cl2N4O3/c1-8-9(7-22)14(20(2)19-8)24-13-6-12(10(16)5-11(13)17)21-4-3-18-15(21)23/h5-7H,3-4H2,1-2H3,(H,18,23). The summed E-state index contributed by atoms with van der Waals surface area (Å²) in [5, 5.41) is 7.46. The molecule has 1 N–H and O–H groups in total. The molecule has 1 fully saturated rings. The van der Waals surface area contributed by atoms with Crippen molar-refractivity contribution >= 4 is 41.2 Å². The second kappa shape index (κ2) is 6.33. The summed E-state index contributed by atoms with van der Waals surface area (Å²) >= 11 is 12.4. The number of halogens is 2. The van der Waals surface area contributed by atoms with E-state index >= 15 is 0 Å². The molecule has 0 spiro atoms. The van der Waals surface area contributed by atoms with Crippen molar-refractivity contribution in [2.75, 3.05) is 18.0 Å². The van der Waals surface area contributed by atoms with Gasteiger partial charge in [0, 0.05) is 26.2 Å². The summed E-state index contributed by atoms with van der Waals surface area (Å²) in [7, 11) is 1.66. The number of aryl methyl sites for hydroxylation is 2. The largest absolute Gasteiger partial charge is 0.437 e. The Morgan fingerprint density at radius 3 is 2.71 bits per heavy atom. The van der Waals surface area contributed by atoms with Gasteiger partial charge < -0.3 is 10.1 Å². The highest BCUT2D eigenvalue weighted by Crippen LogP contribution is 2.39. The van der Waals surface area contributed by atoms with Gasteiger partial charge in [-0.3, -0.25) is 9.69 Å². The number of hydrogen-bond acceptors (Lipinski definition) is 4. The van der Waals surface area contributed by atoms with E-state index in [9.17, 15) is 9.59 Å². The van der Waals surface area contributed by atoms with Gasteiger partial charge in [-0.15, -0.1) is 0 Å². The van der Waals surface area contributed by atoms with Crippen LogP contribution in [0.25, 0.3) is 0 Å². The third kappa shape index (κ3) is 2.81. The summed E-state index contributed by atoms with van der Waals surface area (Å²) < 4.78 is 7.24. The lowest BCUT2D eigenvalue weighted by Gasteiger charge is -2.18. The van der Waals surface area contributed by atoms with Crippen LogP contribution < -0.4 is 15.0 Å². The Balaban J connectivity index is 2.03. The minimum Gasteiger partial charge on any atom is -0.437 e. The zero-order valence-corrected chi connectivity index (χ0v) is 14.5. The maximum atomic E-state index is 11.9. The Kier molecular flexibility index (Phi) is 4.38. The molecular formula is C15H14Cl2N4O3. The fourth-order valence-electron chi connectivity index (χ4n) is 2.52. The molecule has 0 aliphatic carbocycles. The molecular weight excluding hydrogens is 355 g/mol. The van der Waals surface area contributed by atoms with Gasteiger partial charge in [-0.05, 0) is 13.0 Å². The normalized spacial score (nSPS) is 14.0. The van der Waals surface area contributed by atoms with E-state index in [4.69, 9.17) is 27.9 Å². The summed E-state index contributed by atoms with van der Waals surface area (Å²) in [5.74, 6) is 0.547. The van der Waals surface area contributed by atoms with Crippen molar-refractivity contribution in [3.8, 4) is 11.6 Å². The number of aromatic nitrogens is 2. The highest BCUT2D eigenvalue weighted by Gasteiger charge is 2.25. The maximum Gasteiger partial charge on any atom is 0.322 e. The van der Waals surface area contributed by atoms with Crippen LogP contribution >= 0.6 is 23.2 Å². The van der Waals surface area contributed by atoms with Gasteiger partial charge in [0.2, 0.25) is 5.88 Å². The molecule has 0 bridgehead atoms. The number of urea groups is 1. The number of ether oxygens (including phenoxy) is 1. The number of anilines is 1. The molecule has 1 saturated heterocycles. The monoisotopic (exact) mass is 368 g/mol. The SMILES string of the molecule is Cc1nn(C)c(Oc2cc(N3CCNC3=O)c(Cl)cc2Cl)c1C=O. The first-order valence-corrected chi connectivity index (χ1v) is 7.89. The number of hydrogen-bond donors (Lipinski definition) is 1. The number of carbonyl (C=O) groups excluding carboxylic acids is 2. The maximum absolute atomic E-state index is 11.9.